The number of nitrogens with zero attached hydrogens (tertiary/aromatic N) is 1. The first-order valence-corrected chi connectivity index (χ1v) is 4.79. The molecule has 0 aliphatic carbocycles. The first-order chi connectivity index (χ1) is 6.50. The number of hydrogen-bond acceptors (Lipinski definition) is 2. The van der Waals surface area contributed by atoms with Crippen LogP contribution >= 0.6 is 0 Å². The molecule has 0 aliphatic heterocycles. The number of aromatic nitrogens is 2. The molecule has 1 aromatic rings. The third-order valence-electron chi connectivity index (χ3n) is 2.07. The van der Waals surface area contributed by atoms with Crippen molar-refractivity contribution in [3.8, 4) is 0 Å². The molecule has 1 rings (SSSR count). The Labute approximate surface area is 84.8 Å². The molecule has 0 saturated heterocycles. The molecule has 3 nitrogen and oxygen atoms in total. The summed E-state index contributed by atoms with van der Waals surface area (Å²) in [4.78, 5) is 7.35. The minimum absolute atomic E-state index is 0.265. The molecule has 0 aromatic carbocycles. The summed E-state index contributed by atoms with van der Waals surface area (Å²) in [6.45, 7) is 7.96. The first kappa shape index (κ1) is 10.7. The summed E-state index contributed by atoms with van der Waals surface area (Å²) < 4.78 is 0. The lowest BCUT2D eigenvalue weighted by Gasteiger charge is -2.02. The summed E-state index contributed by atoms with van der Waals surface area (Å²) in [6.07, 6.45) is 3.66. The van der Waals surface area contributed by atoms with Crippen molar-refractivity contribution in [2.75, 3.05) is 0 Å². The summed E-state index contributed by atoms with van der Waals surface area (Å²) in [5.41, 5.74) is 2.69. The molecular weight excluding hydrogens is 174 g/mol. The minimum Gasteiger partial charge on any atom is -0.342 e. The van der Waals surface area contributed by atoms with Gasteiger partial charge in [-0.05, 0) is 31.4 Å². The summed E-state index contributed by atoms with van der Waals surface area (Å²) in [5.74, 6) is 1.12. The van der Waals surface area contributed by atoms with Crippen LogP contribution in [-0.4, -0.2) is 15.7 Å². The lowest BCUT2D eigenvalue weighted by Crippen LogP contribution is -2.02. The maximum absolute atomic E-state index is 7.71. The number of rotatable bonds is 3. The second-order valence-corrected chi connectivity index (χ2v) is 3.85. The summed E-state index contributed by atoms with van der Waals surface area (Å²) in [5, 5.41) is 7.71. The third kappa shape index (κ3) is 2.55. The van der Waals surface area contributed by atoms with Crippen LogP contribution in [0.5, 0.6) is 0 Å². The molecule has 0 aliphatic rings. The van der Waals surface area contributed by atoms with Gasteiger partial charge in [-0.25, -0.2) is 4.98 Å². The summed E-state index contributed by atoms with van der Waals surface area (Å²) in [6, 6.07) is 0. The van der Waals surface area contributed by atoms with Crippen LogP contribution in [0.2, 0.25) is 0 Å². The number of hydrogen-bond donors (Lipinski definition) is 2. The van der Waals surface area contributed by atoms with Crippen molar-refractivity contribution in [2.24, 2.45) is 5.92 Å². The standard InChI is InChI=1S/C11H17N3/c1-7(2)10(12)5-8(3)11-13-6-9(4)14-11/h5-7,12H,1-4H3,(H,13,14)/b8-5-,12-10?. The van der Waals surface area contributed by atoms with Gasteiger partial charge in [0.05, 0.1) is 0 Å². The van der Waals surface area contributed by atoms with E-state index < -0.39 is 0 Å². The maximum Gasteiger partial charge on any atom is 0.133 e. The van der Waals surface area contributed by atoms with E-state index in [1.807, 2.05) is 33.8 Å². The van der Waals surface area contributed by atoms with Crippen LogP contribution in [0.15, 0.2) is 12.3 Å². The Morgan fingerprint density at radius 2 is 2.21 bits per heavy atom. The molecule has 0 saturated carbocycles. The molecule has 1 aromatic heterocycles. The van der Waals surface area contributed by atoms with E-state index in [2.05, 4.69) is 9.97 Å². The lowest BCUT2D eigenvalue weighted by molar-refractivity contribution is 0.882. The second-order valence-electron chi connectivity index (χ2n) is 3.85. The van der Waals surface area contributed by atoms with Crippen molar-refractivity contribution in [3.63, 3.8) is 0 Å². The highest BCUT2D eigenvalue weighted by Crippen LogP contribution is 2.11. The van der Waals surface area contributed by atoms with E-state index in [-0.39, 0.29) is 5.92 Å². The fourth-order valence-corrected chi connectivity index (χ4v) is 1.08. The fraction of sp³-hybridized carbons (Fsp3) is 0.455. The molecule has 14 heavy (non-hydrogen) atoms. The largest absolute Gasteiger partial charge is 0.342 e. The van der Waals surface area contributed by atoms with Gasteiger partial charge >= 0.3 is 0 Å². The molecule has 76 valence electrons. The Balaban J connectivity index is 2.84. The second kappa shape index (κ2) is 4.22. The normalized spacial score (nSPS) is 12.2. The molecular formula is C11H17N3. The van der Waals surface area contributed by atoms with Crippen molar-refractivity contribution in [1.82, 2.24) is 9.97 Å². The molecule has 2 N–H and O–H groups in total. The van der Waals surface area contributed by atoms with E-state index in [1.54, 1.807) is 6.20 Å². The van der Waals surface area contributed by atoms with Crippen molar-refractivity contribution >= 4 is 11.3 Å². The van der Waals surface area contributed by atoms with Crippen molar-refractivity contribution < 1.29 is 0 Å². The molecule has 0 atom stereocenters. The third-order valence-corrected chi connectivity index (χ3v) is 2.07. The smallest absolute Gasteiger partial charge is 0.133 e. The van der Waals surface area contributed by atoms with Gasteiger partial charge in [0.2, 0.25) is 0 Å². The van der Waals surface area contributed by atoms with Gasteiger partial charge in [-0.1, -0.05) is 13.8 Å². The van der Waals surface area contributed by atoms with Gasteiger partial charge in [-0.3, -0.25) is 0 Å². The molecule has 0 spiro atoms. The van der Waals surface area contributed by atoms with E-state index in [0.717, 1.165) is 17.1 Å². The van der Waals surface area contributed by atoms with Crippen LogP contribution in [0.25, 0.3) is 5.57 Å². The van der Waals surface area contributed by atoms with Gasteiger partial charge in [-0.2, -0.15) is 0 Å². The predicted molar refractivity (Wildman–Crippen MR) is 59.5 cm³/mol. The molecule has 0 unspecified atom stereocenters. The van der Waals surface area contributed by atoms with E-state index in [4.69, 9.17) is 5.41 Å². The summed E-state index contributed by atoms with van der Waals surface area (Å²) in [7, 11) is 0. The Morgan fingerprint density at radius 1 is 1.57 bits per heavy atom. The van der Waals surface area contributed by atoms with Gasteiger partial charge < -0.3 is 10.4 Å². The number of imidazole rings is 1. The fourth-order valence-electron chi connectivity index (χ4n) is 1.08. The van der Waals surface area contributed by atoms with E-state index >= 15 is 0 Å². The van der Waals surface area contributed by atoms with E-state index in [1.165, 1.54) is 0 Å². The molecule has 0 bridgehead atoms. The SMILES string of the molecule is C/C(=C/C(=N)C(C)C)c1ncc(C)[nH]1. The lowest BCUT2D eigenvalue weighted by atomic mass is 10.1. The topological polar surface area (TPSA) is 52.5 Å². The summed E-state index contributed by atoms with van der Waals surface area (Å²) >= 11 is 0. The highest BCUT2D eigenvalue weighted by atomic mass is 14.9. The first-order valence-electron chi connectivity index (χ1n) is 4.79. The number of aryl methyl sites for hydroxylation is 1. The Kier molecular flexibility index (Phi) is 3.23. The van der Waals surface area contributed by atoms with E-state index in [0.29, 0.717) is 5.71 Å². The zero-order valence-corrected chi connectivity index (χ0v) is 9.18. The van der Waals surface area contributed by atoms with Gasteiger partial charge in [-0.15, -0.1) is 0 Å². The Morgan fingerprint density at radius 3 is 2.64 bits per heavy atom. The molecule has 0 fully saturated rings. The Bertz CT molecular complexity index is 358. The molecule has 3 heteroatoms. The molecule has 1 heterocycles. The quantitative estimate of drug-likeness (QED) is 0.709. The predicted octanol–water partition coefficient (Wildman–Crippen LogP) is 2.80. The molecule has 0 radical (unpaired) electrons. The zero-order valence-electron chi connectivity index (χ0n) is 9.18. The highest BCUT2D eigenvalue weighted by molar-refractivity contribution is 5.99. The molecule has 0 amide bonds. The van der Waals surface area contributed by atoms with Crippen LogP contribution < -0.4 is 0 Å². The Hall–Kier alpha value is -1.38. The van der Waals surface area contributed by atoms with Crippen LogP contribution in [-0.2, 0) is 0 Å². The van der Waals surface area contributed by atoms with Gasteiger partial charge in [0.15, 0.2) is 0 Å². The van der Waals surface area contributed by atoms with Crippen molar-refractivity contribution in [3.05, 3.63) is 23.8 Å². The minimum atomic E-state index is 0.265. The van der Waals surface area contributed by atoms with Gasteiger partial charge in [0.1, 0.15) is 5.82 Å². The van der Waals surface area contributed by atoms with Gasteiger partial charge in [0, 0.05) is 17.6 Å². The van der Waals surface area contributed by atoms with Crippen molar-refractivity contribution in [1.29, 1.82) is 5.41 Å². The number of nitrogens with one attached hydrogen (secondary N) is 2. The number of H-pyrrole nitrogens is 1. The van der Waals surface area contributed by atoms with Crippen LogP contribution in [0.1, 0.15) is 32.3 Å². The highest BCUT2D eigenvalue weighted by Gasteiger charge is 2.03. The average molecular weight is 191 g/mol. The number of allylic oxidation sites excluding steroid dienone is 2. The maximum atomic E-state index is 7.71. The van der Waals surface area contributed by atoms with Crippen LogP contribution in [0, 0.1) is 18.3 Å². The van der Waals surface area contributed by atoms with Crippen LogP contribution in [0.3, 0.4) is 0 Å². The van der Waals surface area contributed by atoms with E-state index in [9.17, 15) is 0 Å². The van der Waals surface area contributed by atoms with Crippen molar-refractivity contribution in [2.45, 2.75) is 27.7 Å². The van der Waals surface area contributed by atoms with Crippen LogP contribution in [0.4, 0.5) is 0 Å². The monoisotopic (exact) mass is 191 g/mol. The zero-order chi connectivity index (χ0) is 10.7. The average Bonchev–Trinajstić information content (AvgIpc) is 2.51. The van der Waals surface area contributed by atoms with Gasteiger partial charge in [0.25, 0.3) is 0 Å². The number of aromatic amines is 1.